The van der Waals surface area contributed by atoms with E-state index in [1.807, 2.05) is 6.07 Å². The lowest BCUT2D eigenvalue weighted by Crippen LogP contribution is -2.34. The molecule has 4 aromatic rings. The van der Waals surface area contributed by atoms with E-state index in [1.165, 1.54) is 37.5 Å². The third kappa shape index (κ3) is 7.19. The van der Waals surface area contributed by atoms with Crippen molar-refractivity contribution in [2.75, 3.05) is 36.8 Å². The van der Waals surface area contributed by atoms with Crippen molar-refractivity contribution < 1.29 is 9.00 Å². The highest BCUT2D eigenvalue weighted by molar-refractivity contribution is 7.86. The molecule has 0 aliphatic carbocycles. The van der Waals surface area contributed by atoms with Gasteiger partial charge < -0.3 is 20.5 Å². The molecule has 0 saturated carbocycles. The van der Waals surface area contributed by atoms with Crippen LogP contribution in [0.5, 0.6) is 0 Å². The molecule has 0 spiro atoms. The van der Waals surface area contributed by atoms with Crippen LogP contribution in [-0.4, -0.2) is 50.9 Å². The summed E-state index contributed by atoms with van der Waals surface area (Å²) < 4.78 is 16.4. The summed E-state index contributed by atoms with van der Waals surface area (Å²) in [5, 5.41) is 6.30. The largest absolute Gasteiger partial charge is 0.385 e. The summed E-state index contributed by atoms with van der Waals surface area (Å²) in [6, 6.07) is 12.0. The van der Waals surface area contributed by atoms with Crippen LogP contribution in [0.1, 0.15) is 25.7 Å². The van der Waals surface area contributed by atoms with Crippen LogP contribution in [-0.2, 0) is 11.0 Å². The highest BCUT2D eigenvalue weighted by Gasteiger charge is 2.16. The van der Waals surface area contributed by atoms with Gasteiger partial charge in [0.15, 0.2) is 11.0 Å². The fraction of sp³-hybridized carbons (Fsp3) is 0.296. The highest BCUT2D eigenvalue weighted by Crippen LogP contribution is 2.25. The summed E-state index contributed by atoms with van der Waals surface area (Å²) in [7, 11) is -1.79. The number of likely N-dealkylation sites (tertiary alicyclic amines) is 1. The number of carbonyl (C=O) groups is 1. The molecule has 4 N–H and O–H groups in total. The zero-order valence-corrected chi connectivity index (χ0v) is 25.0. The predicted molar refractivity (Wildman–Crippen MR) is 166 cm³/mol. The lowest BCUT2D eigenvalue weighted by atomic mass is 10.1. The van der Waals surface area contributed by atoms with E-state index in [0.717, 1.165) is 54.2 Å². The summed E-state index contributed by atoms with van der Waals surface area (Å²) in [4.78, 5) is 43.8. The molecule has 2 aromatic heterocycles. The predicted octanol–water partition coefficient (Wildman–Crippen LogP) is 5.18. The standard InChI is InChI=1S/C27H28Cl2N6O4S2/c28-20-15-18(31-26(37)33-41(39)24-10-9-23(29)40-24)6-8-22(20)35-25(36)19-7-5-17(16-21(19)32-27(35)38)30-11-4-14-34-12-2-1-3-13-34/h5-10,15-16,30H,1-4,11-14H2,(H,32,38)(H2,31,33,37). The number of carbonyl (C=O) groups excluding carboxylic acids is 1. The maximum Gasteiger partial charge on any atom is 0.333 e. The molecule has 5 rings (SSSR count). The summed E-state index contributed by atoms with van der Waals surface area (Å²) in [6.07, 6.45) is 4.85. The van der Waals surface area contributed by atoms with Gasteiger partial charge >= 0.3 is 11.7 Å². The topological polar surface area (TPSA) is 128 Å². The number of anilines is 2. The molecule has 2 amide bonds. The molecule has 1 saturated heterocycles. The number of fused-ring (bicyclic) bond motifs is 1. The number of amides is 2. The van der Waals surface area contributed by atoms with Crippen molar-refractivity contribution in [3.8, 4) is 5.69 Å². The number of urea groups is 1. The van der Waals surface area contributed by atoms with E-state index in [-0.39, 0.29) is 16.4 Å². The van der Waals surface area contributed by atoms with Crippen LogP contribution in [0.25, 0.3) is 16.6 Å². The Labute approximate surface area is 252 Å². The number of aromatic amines is 1. The normalized spacial score (nSPS) is 14.6. The van der Waals surface area contributed by atoms with E-state index >= 15 is 0 Å². The van der Waals surface area contributed by atoms with Crippen LogP contribution < -0.4 is 26.6 Å². The molecule has 14 heteroatoms. The van der Waals surface area contributed by atoms with E-state index in [0.29, 0.717) is 19.4 Å². The van der Waals surface area contributed by atoms with Gasteiger partial charge in [-0.15, -0.1) is 11.3 Å². The second-order valence-corrected chi connectivity index (χ2v) is 13.1. The highest BCUT2D eigenvalue weighted by atomic mass is 35.5. The minimum absolute atomic E-state index is 0.0629. The summed E-state index contributed by atoms with van der Waals surface area (Å²) in [5.74, 6) is 0. The molecule has 41 heavy (non-hydrogen) atoms. The smallest absolute Gasteiger partial charge is 0.333 e. The first-order chi connectivity index (χ1) is 19.8. The van der Waals surface area contributed by atoms with Gasteiger partial charge in [-0.2, -0.15) is 0 Å². The monoisotopic (exact) mass is 634 g/mol. The average molecular weight is 636 g/mol. The summed E-state index contributed by atoms with van der Waals surface area (Å²) >= 11 is 13.4. The number of piperidine rings is 1. The first-order valence-electron chi connectivity index (χ1n) is 13.1. The number of H-pyrrole nitrogens is 1. The first kappa shape index (κ1) is 29.3. The van der Waals surface area contributed by atoms with Gasteiger partial charge in [-0.1, -0.05) is 29.6 Å². The third-order valence-electron chi connectivity index (χ3n) is 6.69. The second-order valence-electron chi connectivity index (χ2n) is 9.56. The van der Waals surface area contributed by atoms with Gasteiger partial charge in [0.05, 0.1) is 25.9 Å². The third-order valence-corrected chi connectivity index (χ3v) is 9.59. The van der Waals surface area contributed by atoms with E-state index in [2.05, 4.69) is 25.2 Å². The molecule has 1 atom stereocenters. The van der Waals surface area contributed by atoms with Crippen LogP contribution in [0.3, 0.4) is 0 Å². The van der Waals surface area contributed by atoms with E-state index in [9.17, 15) is 18.6 Å². The Morgan fingerprint density at radius 1 is 1.00 bits per heavy atom. The Kier molecular flexibility index (Phi) is 9.46. The molecule has 0 bridgehead atoms. The van der Waals surface area contributed by atoms with Crippen LogP contribution in [0.15, 0.2) is 62.3 Å². The number of hydrogen-bond donors (Lipinski definition) is 4. The quantitative estimate of drug-likeness (QED) is 0.188. The van der Waals surface area contributed by atoms with Crippen molar-refractivity contribution >= 4 is 73.8 Å². The van der Waals surface area contributed by atoms with Gasteiger partial charge in [-0.3, -0.25) is 9.52 Å². The first-order valence-corrected chi connectivity index (χ1v) is 15.8. The number of benzene rings is 2. The van der Waals surface area contributed by atoms with Gasteiger partial charge in [-0.05, 0) is 87.4 Å². The zero-order chi connectivity index (χ0) is 28.9. The lowest BCUT2D eigenvalue weighted by Gasteiger charge is -2.26. The summed E-state index contributed by atoms with van der Waals surface area (Å²) in [6.45, 7) is 4.16. The molecular formula is C27H28Cl2N6O4S2. The van der Waals surface area contributed by atoms with E-state index < -0.39 is 28.3 Å². The minimum atomic E-state index is -1.79. The number of rotatable bonds is 9. The number of aromatic nitrogens is 2. The van der Waals surface area contributed by atoms with Crippen molar-refractivity contribution in [1.82, 2.24) is 19.2 Å². The van der Waals surface area contributed by atoms with E-state index in [4.69, 9.17) is 23.2 Å². The number of hydrogen-bond acceptors (Lipinski definition) is 7. The van der Waals surface area contributed by atoms with Gasteiger partial charge in [0.1, 0.15) is 4.21 Å². The van der Waals surface area contributed by atoms with Crippen LogP contribution in [0.2, 0.25) is 9.36 Å². The average Bonchev–Trinajstić information content (AvgIpc) is 3.39. The van der Waals surface area contributed by atoms with Gasteiger partial charge in [0.2, 0.25) is 0 Å². The Balaban J connectivity index is 1.26. The molecule has 3 heterocycles. The van der Waals surface area contributed by atoms with Crippen LogP contribution in [0.4, 0.5) is 16.2 Å². The van der Waals surface area contributed by atoms with Gasteiger partial charge in [0, 0.05) is 17.9 Å². The SMILES string of the molecule is O=C(Nc1ccc(-n2c(=O)[nH]c3cc(NCCCN4CCCCC4)ccc3c2=O)c(Cl)c1)NS(=O)c1ccc(Cl)s1. The molecule has 1 unspecified atom stereocenters. The Hall–Kier alpha value is -3.16. The molecule has 0 radical (unpaired) electrons. The van der Waals surface area contributed by atoms with Crippen molar-refractivity contribution in [2.45, 2.75) is 29.9 Å². The maximum atomic E-state index is 13.3. The molecular weight excluding hydrogens is 607 g/mol. The van der Waals surface area contributed by atoms with Crippen molar-refractivity contribution in [3.63, 3.8) is 0 Å². The Morgan fingerprint density at radius 3 is 2.51 bits per heavy atom. The van der Waals surface area contributed by atoms with Crippen molar-refractivity contribution in [2.24, 2.45) is 0 Å². The van der Waals surface area contributed by atoms with Crippen LogP contribution in [0, 0.1) is 0 Å². The number of nitrogens with one attached hydrogen (secondary N) is 4. The molecule has 2 aromatic carbocycles. The Bertz CT molecular complexity index is 1710. The lowest BCUT2D eigenvalue weighted by molar-refractivity contribution is 0.228. The summed E-state index contributed by atoms with van der Waals surface area (Å²) in [5.41, 5.74) is 0.504. The van der Waals surface area contributed by atoms with Crippen molar-refractivity contribution in [1.29, 1.82) is 0 Å². The van der Waals surface area contributed by atoms with Crippen molar-refractivity contribution in [3.05, 3.63) is 78.7 Å². The number of nitrogens with zero attached hydrogens (tertiary/aromatic N) is 2. The second kappa shape index (κ2) is 13.2. The molecule has 1 aliphatic rings. The molecule has 10 nitrogen and oxygen atoms in total. The fourth-order valence-electron chi connectivity index (χ4n) is 4.72. The Morgan fingerprint density at radius 2 is 1.78 bits per heavy atom. The number of halogens is 2. The van der Waals surface area contributed by atoms with Crippen LogP contribution >= 0.6 is 34.5 Å². The number of thiophene rings is 1. The van der Waals surface area contributed by atoms with Gasteiger partial charge in [0.25, 0.3) is 5.56 Å². The van der Waals surface area contributed by atoms with Gasteiger partial charge in [-0.25, -0.2) is 18.4 Å². The molecule has 1 aliphatic heterocycles. The minimum Gasteiger partial charge on any atom is -0.385 e. The van der Waals surface area contributed by atoms with E-state index in [1.54, 1.807) is 24.3 Å². The zero-order valence-electron chi connectivity index (χ0n) is 21.9. The maximum absolute atomic E-state index is 13.3. The fourth-order valence-corrected chi connectivity index (χ4v) is 7.11. The molecule has 216 valence electrons. The molecule has 1 fully saturated rings.